The second-order valence-corrected chi connectivity index (χ2v) is 2.69. The van der Waals surface area contributed by atoms with E-state index in [1.54, 1.807) is 12.2 Å². The minimum absolute atomic E-state index is 0.177. The molecule has 0 saturated carbocycles. The summed E-state index contributed by atoms with van der Waals surface area (Å²) in [6.07, 6.45) is 4.81. The standard InChI is InChI=1S/C8H6N2O2/c9-4-2-1-3-5-6(4)7(11)8(12)10-5/h1-3,6,9H,(H,10,12). The highest BCUT2D eigenvalue weighted by Crippen LogP contribution is 2.21. The molecule has 1 aliphatic carbocycles. The SMILES string of the molecule is N=C1C=CC=C2NC(=O)C(=O)C12. The quantitative estimate of drug-likeness (QED) is 0.483. The lowest BCUT2D eigenvalue weighted by Crippen LogP contribution is -2.22. The van der Waals surface area contributed by atoms with Crippen LogP contribution in [0.4, 0.5) is 0 Å². The summed E-state index contributed by atoms with van der Waals surface area (Å²) < 4.78 is 0. The molecule has 0 aromatic heterocycles. The second kappa shape index (κ2) is 2.14. The van der Waals surface area contributed by atoms with Gasteiger partial charge in [0, 0.05) is 11.4 Å². The number of carbonyl (C=O) groups is 2. The van der Waals surface area contributed by atoms with Gasteiger partial charge in [-0.1, -0.05) is 6.08 Å². The maximum atomic E-state index is 11.1. The molecule has 1 heterocycles. The van der Waals surface area contributed by atoms with Gasteiger partial charge < -0.3 is 10.7 Å². The molecule has 2 aliphatic rings. The average Bonchev–Trinajstić information content (AvgIpc) is 2.29. The van der Waals surface area contributed by atoms with Crippen LogP contribution in [0.1, 0.15) is 0 Å². The van der Waals surface area contributed by atoms with Crippen LogP contribution in [0.5, 0.6) is 0 Å². The molecule has 60 valence electrons. The van der Waals surface area contributed by atoms with Crippen LogP contribution in [0.2, 0.25) is 0 Å². The second-order valence-electron chi connectivity index (χ2n) is 2.69. The van der Waals surface area contributed by atoms with Crippen molar-refractivity contribution in [3.63, 3.8) is 0 Å². The number of fused-ring (bicyclic) bond motifs is 1. The number of carbonyl (C=O) groups excluding carboxylic acids is 2. The van der Waals surface area contributed by atoms with Crippen molar-refractivity contribution in [3.05, 3.63) is 23.9 Å². The normalized spacial score (nSPS) is 26.8. The van der Waals surface area contributed by atoms with Gasteiger partial charge in [-0.3, -0.25) is 9.59 Å². The molecule has 1 amide bonds. The zero-order chi connectivity index (χ0) is 8.72. The van der Waals surface area contributed by atoms with Crippen LogP contribution in [0, 0.1) is 11.3 Å². The minimum atomic E-state index is -0.664. The van der Waals surface area contributed by atoms with Gasteiger partial charge in [-0.15, -0.1) is 0 Å². The van der Waals surface area contributed by atoms with Crippen molar-refractivity contribution in [2.45, 2.75) is 0 Å². The van der Waals surface area contributed by atoms with E-state index in [1.165, 1.54) is 6.08 Å². The molecule has 12 heavy (non-hydrogen) atoms. The summed E-state index contributed by atoms with van der Waals surface area (Å²) in [5, 5.41) is 9.81. The lowest BCUT2D eigenvalue weighted by atomic mass is 9.94. The largest absolute Gasteiger partial charge is 0.322 e. The Bertz CT molecular complexity index is 352. The fraction of sp³-hybridized carbons (Fsp3) is 0.125. The monoisotopic (exact) mass is 162 g/mol. The molecule has 0 aromatic rings. The summed E-state index contributed by atoms with van der Waals surface area (Å²) in [6.45, 7) is 0. The van der Waals surface area contributed by atoms with E-state index in [4.69, 9.17) is 5.41 Å². The maximum Gasteiger partial charge on any atom is 0.292 e. The van der Waals surface area contributed by atoms with Gasteiger partial charge in [0.25, 0.3) is 5.91 Å². The fourth-order valence-electron chi connectivity index (χ4n) is 1.34. The van der Waals surface area contributed by atoms with E-state index in [9.17, 15) is 9.59 Å². The average molecular weight is 162 g/mol. The van der Waals surface area contributed by atoms with Crippen molar-refractivity contribution in [2.75, 3.05) is 0 Å². The van der Waals surface area contributed by atoms with E-state index in [2.05, 4.69) is 5.32 Å². The van der Waals surface area contributed by atoms with E-state index in [0.717, 1.165) is 0 Å². The Kier molecular flexibility index (Phi) is 1.24. The van der Waals surface area contributed by atoms with Gasteiger partial charge >= 0.3 is 0 Å². The number of Topliss-reactive ketones (excluding diaryl/α,β-unsaturated/α-hetero) is 1. The summed E-state index contributed by atoms with van der Waals surface area (Å²) in [5.74, 6) is -1.81. The Morgan fingerprint density at radius 2 is 2.17 bits per heavy atom. The minimum Gasteiger partial charge on any atom is -0.322 e. The van der Waals surface area contributed by atoms with Gasteiger partial charge in [-0.25, -0.2) is 0 Å². The molecule has 0 aromatic carbocycles. The van der Waals surface area contributed by atoms with Gasteiger partial charge in [0.15, 0.2) is 0 Å². The first-order chi connectivity index (χ1) is 5.70. The van der Waals surface area contributed by atoms with Crippen LogP contribution in [-0.4, -0.2) is 17.4 Å². The molecule has 1 fully saturated rings. The van der Waals surface area contributed by atoms with Crippen LogP contribution < -0.4 is 5.32 Å². The van der Waals surface area contributed by atoms with Gasteiger partial charge in [0.1, 0.15) is 5.92 Å². The van der Waals surface area contributed by atoms with E-state index in [1.807, 2.05) is 0 Å². The van der Waals surface area contributed by atoms with E-state index in [0.29, 0.717) is 5.70 Å². The van der Waals surface area contributed by atoms with Crippen LogP contribution >= 0.6 is 0 Å². The summed E-state index contributed by atoms with van der Waals surface area (Å²) in [5.41, 5.74) is 0.702. The zero-order valence-electron chi connectivity index (χ0n) is 6.13. The smallest absolute Gasteiger partial charge is 0.292 e. The highest BCUT2D eigenvalue weighted by atomic mass is 16.2. The number of hydrogen-bond acceptors (Lipinski definition) is 3. The Morgan fingerprint density at radius 1 is 1.42 bits per heavy atom. The maximum absolute atomic E-state index is 11.1. The van der Waals surface area contributed by atoms with E-state index < -0.39 is 17.6 Å². The lowest BCUT2D eigenvalue weighted by molar-refractivity contribution is -0.135. The molecule has 0 spiro atoms. The van der Waals surface area contributed by atoms with E-state index in [-0.39, 0.29) is 5.71 Å². The molecule has 2 N–H and O–H groups in total. The highest BCUT2D eigenvalue weighted by Gasteiger charge is 2.39. The molecule has 2 rings (SSSR count). The lowest BCUT2D eigenvalue weighted by Gasteiger charge is -2.09. The van der Waals surface area contributed by atoms with Gasteiger partial charge in [-0.05, 0) is 12.2 Å². The van der Waals surface area contributed by atoms with Crippen molar-refractivity contribution in [1.29, 1.82) is 5.41 Å². The van der Waals surface area contributed by atoms with Crippen LogP contribution in [0.3, 0.4) is 0 Å². The van der Waals surface area contributed by atoms with Gasteiger partial charge in [-0.2, -0.15) is 0 Å². The molecule has 1 unspecified atom stereocenters. The molecule has 4 heteroatoms. The van der Waals surface area contributed by atoms with Gasteiger partial charge in [0.05, 0.1) is 0 Å². The summed E-state index contributed by atoms with van der Waals surface area (Å²) in [6, 6.07) is 0. The molecule has 1 saturated heterocycles. The number of allylic oxidation sites excluding steroid dienone is 4. The summed E-state index contributed by atoms with van der Waals surface area (Å²) in [7, 11) is 0. The Balaban J connectivity index is 2.47. The van der Waals surface area contributed by atoms with Crippen molar-refractivity contribution in [2.24, 2.45) is 5.92 Å². The molecule has 0 bridgehead atoms. The third-order valence-corrected chi connectivity index (χ3v) is 1.92. The molecule has 1 atom stereocenters. The van der Waals surface area contributed by atoms with Crippen LogP contribution in [0.25, 0.3) is 0 Å². The van der Waals surface area contributed by atoms with Gasteiger partial charge in [0.2, 0.25) is 5.78 Å². The molecule has 0 radical (unpaired) electrons. The topological polar surface area (TPSA) is 70.0 Å². The first-order valence-electron chi connectivity index (χ1n) is 3.52. The molecular weight excluding hydrogens is 156 g/mol. The fourth-order valence-corrected chi connectivity index (χ4v) is 1.34. The Hall–Kier alpha value is -1.71. The highest BCUT2D eigenvalue weighted by molar-refractivity contribution is 6.45. The summed E-state index contributed by atoms with van der Waals surface area (Å²) in [4.78, 5) is 22.0. The number of rotatable bonds is 0. The molecule has 4 nitrogen and oxygen atoms in total. The number of ketones is 1. The first kappa shape index (κ1) is 6.97. The third-order valence-electron chi connectivity index (χ3n) is 1.92. The summed E-state index contributed by atoms with van der Waals surface area (Å²) >= 11 is 0. The van der Waals surface area contributed by atoms with E-state index >= 15 is 0 Å². The predicted molar refractivity (Wildman–Crippen MR) is 41.6 cm³/mol. The van der Waals surface area contributed by atoms with Crippen molar-refractivity contribution >= 4 is 17.4 Å². The van der Waals surface area contributed by atoms with Crippen molar-refractivity contribution < 1.29 is 9.59 Å². The number of amides is 1. The molecular formula is C8H6N2O2. The predicted octanol–water partition coefficient (Wildman–Crippen LogP) is -0.225. The third kappa shape index (κ3) is 0.747. The number of hydrogen-bond donors (Lipinski definition) is 2. The van der Waals surface area contributed by atoms with Crippen molar-refractivity contribution in [1.82, 2.24) is 5.32 Å². The Labute approximate surface area is 68.5 Å². The van der Waals surface area contributed by atoms with Crippen LogP contribution in [0.15, 0.2) is 23.9 Å². The van der Waals surface area contributed by atoms with Crippen molar-refractivity contribution in [3.8, 4) is 0 Å². The zero-order valence-corrected chi connectivity index (χ0v) is 6.13. The first-order valence-corrected chi connectivity index (χ1v) is 3.52. The molecule has 1 aliphatic heterocycles. The number of nitrogens with one attached hydrogen (secondary N) is 2. The Morgan fingerprint density at radius 3 is 2.83 bits per heavy atom. The van der Waals surface area contributed by atoms with Crippen LogP contribution in [-0.2, 0) is 9.59 Å².